The molecule has 2 fully saturated rings. The average molecular weight is 221 g/mol. The number of fused-ring (bicyclic) bond motifs is 1. The Morgan fingerprint density at radius 3 is 3.00 bits per heavy atom. The molecule has 3 atom stereocenters. The van der Waals surface area contributed by atoms with Crippen LogP contribution in [0.2, 0.25) is 0 Å². The van der Waals surface area contributed by atoms with Crippen LogP contribution in [0.25, 0.3) is 0 Å². The highest BCUT2D eigenvalue weighted by molar-refractivity contribution is 7.29. The standard InChI is InChI=1S/C12H16NOP/c1-12(10-6-3-2-4-7-10)11-8-5-9-13(11)15-14-12/h2-4,6-7,11,15H,5,8-9H2,1H3/t11?,12-/m1/s1. The lowest BCUT2D eigenvalue weighted by Crippen LogP contribution is -2.36. The van der Waals surface area contributed by atoms with Crippen LogP contribution in [0.4, 0.5) is 0 Å². The second-order valence-electron chi connectivity index (χ2n) is 4.52. The van der Waals surface area contributed by atoms with Crippen molar-refractivity contribution in [2.24, 2.45) is 0 Å². The summed E-state index contributed by atoms with van der Waals surface area (Å²) in [5, 5.41) is 0. The van der Waals surface area contributed by atoms with E-state index in [9.17, 15) is 0 Å². The van der Waals surface area contributed by atoms with Crippen LogP contribution in [0, 0.1) is 0 Å². The number of hydrogen-bond donors (Lipinski definition) is 0. The Balaban J connectivity index is 1.97. The summed E-state index contributed by atoms with van der Waals surface area (Å²) < 4.78 is 8.54. The number of nitrogens with zero attached hydrogens (tertiary/aromatic N) is 1. The highest BCUT2D eigenvalue weighted by Gasteiger charge is 2.48. The smallest absolute Gasteiger partial charge is 0.112 e. The van der Waals surface area contributed by atoms with Crippen molar-refractivity contribution in [2.75, 3.05) is 6.54 Å². The number of hydrogen-bond acceptors (Lipinski definition) is 2. The van der Waals surface area contributed by atoms with Crippen LogP contribution >= 0.6 is 8.96 Å². The molecular weight excluding hydrogens is 205 g/mol. The van der Waals surface area contributed by atoms with Crippen molar-refractivity contribution in [3.05, 3.63) is 35.9 Å². The maximum absolute atomic E-state index is 6.05. The quantitative estimate of drug-likeness (QED) is 0.676. The molecule has 2 nitrogen and oxygen atoms in total. The lowest BCUT2D eigenvalue weighted by atomic mass is 9.87. The van der Waals surface area contributed by atoms with Gasteiger partial charge in [0, 0.05) is 12.6 Å². The van der Waals surface area contributed by atoms with Gasteiger partial charge in [0.05, 0.1) is 8.96 Å². The van der Waals surface area contributed by atoms with E-state index in [0.717, 1.165) is 0 Å². The fourth-order valence-electron chi connectivity index (χ4n) is 2.69. The molecule has 0 aromatic heterocycles. The predicted molar refractivity (Wildman–Crippen MR) is 62.9 cm³/mol. The van der Waals surface area contributed by atoms with Gasteiger partial charge in [0.2, 0.25) is 0 Å². The van der Waals surface area contributed by atoms with Gasteiger partial charge >= 0.3 is 0 Å². The van der Waals surface area contributed by atoms with Crippen molar-refractivity contribution in [3.8, 4) is 0 Å². The molecule has 15 heavy (non-hydrogen) atoms. The summed E-state index contributed by atoms with van der Waals surface area (Å²) in [6, 6.07) is 11.2. The molecule has 0 radical (unpaired) electrons. The Kier molecular flexibility index (Phi) is 2.31. The first-order chi connectivity index (χ1) is 7.31. The maximum atomic E-state index is 6.05. The third-order valence-corrected chi connectivity index (χ3v) is 4.90. The minimum atomic E-state index is -0.0732. The van der Waals surface area contributed by atoms with Crippen LogP contribution in [0.3, 0.4) is 0 Å². The summed E-state index contributed by atoms with van der Waals surface area (Å²) in [5.74, 6) is 0. The second-order valence-corrected chi connectivity index (χ2v) is 5.48. The SMILES string of the molecule is C[C@]1(c2ccccc2)OPN2CCCC21. The van der Waals surface area contributed by atoms with Gasteiger partial charge in [0.15, 0.2) is 0 Å². The van der Waals surface area contributed by atoms with Crippen molar-refractivity contribution < 1.29 is 4.52 Å². The molecule has 3 rings (SSSR count). The highest BCUT2D eigenvalue weighted by Crippen LogP contribution is 2.52. The van der Waals surface area contributed by atoms with Crippen LogP contribution in [0.1, 0.15) is 25.3 Å². The van der Waals surface area contributed by atoms with Crippen molar-refractivity contribution in [1.82, 2.24) is 4.67 Å². The van der Waals surface area contributed by atoms with Gasteiger partial charge in [0.25, 0.3) is 0 Å². The monoisotopic (exact) mass is 221 g/mol. The molecule has 1 aromatic rings. The van der Waals surface area contributed by atoms with Crippen molar-refractivity contribution in [3.63, 3.8) is 0 Å². The molecule has 2 heterocycles. The Bertz CT molecular complexity index is 356. The molecule has 0 aliphatic carbocycles. The summed E-state index contributed by atoms with van der Waals surface area (Å²) >= 11 is 0. The Labute approximate surface area is 92.5 Å². The molecule has 0 spiro atoms. The minimum absolute atomic E-state index is 0.0732. The van der Waals surface area contributed by atoms with Gasteiger partial charge in [0.1, 0.15) is 5.60 Å². The molecule has 2 saturated heterocycles. The van der Waals surface area contributed by atoms with Gasteiger partial charge in [-0.3, -0.25) is 4.67 Å². The van der Waals surface area contributed by atoms with Gasteiger partial charge in [-0.25, -0.2) is 0 Å². The molecule has 1 aromatic carbocycles. The van der Waals surface area contributed by atoms with E-state index < -0.39 is 0 Å². The van der Waals surface area contributed by atoms with E-state index in [1.807, 2.05) is 0 Å². The zero-order valence-electron chi connectivity index (χ0n) is 8.94. The molecule has 0 N–H and O–H groups in total. The van der Waals surface area contributed by atoms with Gasteiger partial charge in [-0.15, -0.1) is 0 Å². The van der Waals surface area contributed by atoms with Crippen LogP contribution < -0.4 is 0 Å². The van der Waals surface area contributed by atoms with E-state index in [1.165, 1.54) is 24.9 Å². The molecule has 2 aliphatic rings. The Morgan fingerprint density at radius 1 is 1.40 bits per heavy atom. The summed E-state index contributed by atoms with van der Waals surface area (Å²) in [6.45, 7) is 3.46. The topological polar surface area (TPSA) is 12.5 Å². The van der Waals surface area contributed by atoms with Crippen molar-refractivity contribution in [1.29, 1.82) is 0 Å². The molecule has 0 bridgehead atoms. The molecule has 0 saturated carbocycles. The third-order valence-electron chi connectivity index (χ3n) is 3.61. The van der Waals surface area contributed by atoms with Gasteiger partial charge in [-0.05, 0) is 25.3 Å². The molecular formula is C12H16NOP. The lowest BCUT2D eigenvalue weighted by molar-refractivity contribution is 0.0904. The van der Waals surface area contributed by atoms with Crippen LogP contribution in [-0.2, 0) is 10.1 Å². The summed E-state index contributed by atoms with van der Waals surface area (Å²) in [7, 11) is 0.553. The van der Waals surface area contributed by atoms with E-state index in [-0.39, 0.29) is 5.60 Å². The van der Waals surface area contributed by atoms with Gasteiger partial charge in [-0.2, -0.15) is 0 Å². The van der Waals surface area contributed by atoms with E-state index in [0.29, 0.717) is 15.0 Å². The summed E-state index contributed by atoms with van der Waals surface area (Å²) in [5.41, 5.74) is 1.25. The fraction of sp³-hybridized carbons (Fsp3) is 0.500. The molecule has 3 heteroatoms. The average Bonchev–Trinajstić information content (AvgIpc) is 2.85. The molecule has 0 amide bonds. The largest absolute Gasteiger partial charge is 0.334 e. The molecule has 80 valence electrons. The third kappa shape index (κ3) is 1.44. The first-order valence-electron chi connectivity index (χ1n) is 5.56. The number of rotatable bonds is 1. The van der Waals surface area contributed by atoms with Crippen molar-refractivity contribution in [2.45, 2.75) is 31.4 Å². The highest BCUT2D eigenvalue weighted by atomic mass is 31.1. The van der Waals surface area contributed by atoms with E-state index in [2.05, 4.69) is 41.9 Å². The molecule has 2 unspecified atom stereocenters. The number of benzene rings is 1. The normalized spacial score (nSPS) is 37.3. The summed E-state index contributed by atoms with van der Waals surface area (Å²) in [6.07, 6.45) is 2.60. The van der Waals surface area contributed by atoms with Gasteiger partial charge < -0.3 is 4.52 Å². The van der Waals surface area contributed by atoms with Crippen molar-refractivity contribution >= 4 is 8.96 Å². The minimum Gasteiger partial charge on any atom is -0.334 e. The molecule has 2 aliphatic heterocycles. The summed E-state index contributed by atoms with van der Waals surface area (Å²) in [4.78, 5) is 0. The zero-order valence-corrected chi connectivity index (χ0v) is 9.94. The van der Waals surface area contributed by atoms with E-state index in [1.54, 1.807) is 0 Å². The van der Waals surface area contributed by atoms with Gasteiger partial charge in [-0.1, -0.05) is 30.3 Å². The first kappa shape index (κ1) is 9.77. The fourth-order valence-corrected chi connectivity index (χ4v) is 4.00. The van der Waals surface area contributed by atoms with Crippen LogP contribution in [0.15, 0.2) is 30.3 Å². The van der Waals surface area contributed by atoms with Crippen LogP contribution in [-0.4, -0.2) is 17.3 Å². The Hall–Kier alpha value is -0.430. The van der Waals surface area contributed by atoms with E-state index in [4.69, 9.17) is 4.52 Å². The predicted octanol–water partition coefficient (Wildman–Crippen LogP) is 2.90. The zero-order chi connectivity index (χ0) is 10.3. The maximum Gasteiger partial charge on any atom is 0.112 e. The van der Waals surface area contributed by atoms with Crippen LogP contribution in [0.5, 0.6) is 0 Å². The second kappa shape index (κ2) is 3.55. The lowest BCUT2D eigenvalue weighted by Gasteiger charge is -2.29. The Morgan fingerprint density at radius 2 is 2.20 bits per heavy atom. The first-order valence-corrected chi connectivity index (χ1v) is 6.42. The van der Waals surface area contributed by atoms with E-state index >= 15 is 0 Å².